The topological polar surface area (TPSA) is 95.9 Å². The van der Waals surface area contributed by atoms with Gasteiger partial charge in [-0.3, -0.25) is 14.9 Å². The van der Waals surface area contributed by atoms with Crippen molar-refractivity contribution in [1.29, 1.82) is 0 Å². The van der Waals surface area contributed by atoms with E-state index in [4.69, 9.17) is 9.94 Å². The van der Waals surface area contributed by atoms with Crippen LogP contribution in [0.5, 0.6) is 11.5 Å². The molecule has 0 aliphatic rings. The number of ether oxygens (including phenoxy) is 1. The fraction of sp³-hybridized carbons (Fsp3) is 0.174. The average Bonchev–Trinajstić information content (AvgIpc) is 2.78. The predicted molar refractivity (Wildman–Crippen MR) is 117 cm³/mol. The zero-order valence-electron chi connectivity index (χ0n) is 17.0. The number of sulfone groups is 1. The maximum atomic E-state index is 13.0. The van der Waals surface area contributed by atoms with Crippen molar-refractivity contribution in [2.75, 3.05) is 12.8 Å². The second kappa shape index (κ2) is 10.2. The molecule has 0 spiro atoms. The number of hydrogen-bond acceptors (Lipinski definition) is 6. The number of nitrogens with zero attached hydrogens (tertiary/aromatic N) is 1. The number of nitrogens with one attached hydrogen (secondary N) is 1. The molecular weight excluding hydrogens is 416 g/mol. The van der Waals surface area contributed by atoms with Gasteiger partial charge >= 0.3 is 0 Å². The molecule has 3 aromatic rings. The fourth-order valence-electron chi connectivity index (χ4n) is 3.10. The van der Waals surface area contributed by atoms with E-state index in [1.165, 1.54) is 12.1 Å². The Morgan fingerprint density at radius 1 is 0.935 bits per heavy atom. The lowest BCUT2D eigenvalue weighted by Crippen LogP contribution is -2.47. The Labute approximate surface area is 181 Å². The van der Waals surface area contributed by atoms with Crippen molar-refractivity contribution in [1.82, 2.24) is 10.4 Å². The third-order valence-corrected chi connectivity index (χ3v) is 6.50. The van der Waals surface area contributed by atoms with Crippen molar-refractivity contribution in [3.63, 3.8) is 0 Å². The van der Waals surface area contributed by atoms with Crippen LogP contribution in [0, 0.1) is 0 Å². The zero-order chi connectivity index (χ0) is 22.3. The van der Waals surface area contributed by atoms with Crippen LogP contribution in [-0.2, 0) is 21.2 Å². The van der Waals surface area contributed by atoms with Crippen LogP contribution in [0.3, 0.4) is 0 Å². The maximum Gasteiger partial charge on any atom is 0.261 e. The average molecular weight is 441 g/mol. The van der Waals surface area contributed by atoms with Gasteiger partial charge in [0.1, 0.15) is 17.5 Å². The largest absolute Gasteiger partial charge is 0.457 e. The molecule has 0 unspecified atom stereocenters. The summed E-state index contributed by atoms with van der Waals surface area (Å²) in [5.74, 6) is -0.135. The summed E-state index contributed by atoms with van der Waals surface area (Å²) in [5.41, 5.74) is 2.49. The van der Waals surface area contributed by atoms with E-state index >= 15 is 0 Å². The van der Waals surface area contributed by atoms with Crippen LogP contribution >= 0.6 is 0 Å². The molecule has 162 valence electrons. The number of benzene rings is 3. The van der Waals surface area contributed by atoms with Gasteiger partial charge < -0.3 is 4.74 Å². The number of hydrogen-bond donors (Lipinski definition) is 2. The molecule has 0 heterocycles. The van der Waals surface area contributed by atoms with Crippen molar-refractivity contribution in [3.05, 3.63) is 90.5 Å². The highest BCUT2D eigenvalue weighted by atomic mass is 32.2. The Morgan fingerprint density at radius 2 is 1.48 bits per heavy atom. The first-order chi connectivity index (χ1) is 14.9. The van der Waals surface area contributed by atoms with Gasteiger partial charge in [-0.1, -0.05) is 48.5 Å². The van der Waals surface area contributed by atoms with E-state index in [9.17, 15) is 13.2 Å². The van der Waals surface area contributed by atoms with Crippen LogP contribution in [0.4, 0.5) is 0 Å². The number of amides is 1. The highest BCUT2D eigenvalue weighted by Gasteiger charge is 2.30. The molecule has 0 radical (unpaired) electrons. The first-order valence-electron chi connectivity index (χ1n) is 9.63. The number of carbonyl (C=O) groups is 1. The van der Waals surface area contributed by atoms with Gasteiger partial charge in [0.25, 0.3) is 5.91 Å². The fourth-order valence-corrected chi connectivity index (χ4v) is 4.67. The second-order valence-electron chi connectivity index (χ2n) is 7.06. The Kier molecular flexibility index (Phi) is 7.41. The molecule has 0 aromatic heterocycles. The summed E-state index contributed by atoms with van der Waals surface area (Å²) in [5, 5.41) is 9.13. The van der Waals surface area contributed by atoms with Gasteiger partial charge in [-0.05, 0) is 49.0 Å². The van der Waals surface area contributed by atoms with Crippen LogP contribution in [0.25, 0.3) is 0 Å². The minimum atomic E-state index is -3.81. The summed E-state index contributed by atoms with van der Waals surface area (Å²) in [6.45, 7) is 0.346. The lowest BCUT2D eigenvalue weighted by molar-refractivity contribution is -0.133. The van der Waals surface area contributed by atoms with E-state index in [0.717, 1.165) is 5.56 Å². The first kappa shape index (κ1) is 22.5. The van der Waals surface area contributed by atoms with Gasteiger partial charge in [0, 0.05) is 6.54 Å². The van der Waals surface area contributed by atoms with Crippen LogP contribution in [-0.4, -0.2) is 43.3 Å². The van der Waals surface area contributed by atoms with Crippen molar-refractivity contribution in [2.45, 2.75) is 17.5 Å². The standard InChI is InChI=1S/C23H24N2O5S/c1-25(16-18-8-4-2-5-9-18)22(23(26)24-27)17-31(28,29)21-14-12-20(13-15-21)30-19-10-6-3-7-11-19/h2-15,22,27H,16-17H2,1H3,(H,24,26)/t22-/m0/s1. The van der Waals surface area contributed by atoms with Crippen molar-refractivity contribution < 1.29 is 23.2 Å². The molecule has 2 N–H and O–H groups in total. The molecule has 1 amide bonds. The van der Waals surface area contributed by atoms with E-state index in [1.54, 1.807) is 41.7 Å². The number of para-hydroxylation sites is 1. The minimum Gasteiger partial charge on any atom is -0.457 e. The highest BCUT2D eigenvalue weighted by molar-refractivity contribution is 7.91. The molecule has 7 nitrogen and oxygen atoms in total. The monoisotopic (exact) mass is 440 g/mol. The van der Waals surface area contributed by atoms with Crippen molar-refractivity contribution in [2.24, 2.45) is 0 Å². The van der Waals surface area contributed by atoms with Crippen LogP contribution in [0.2, 0.25) is 0 Å². The molecule has 8 heteroatoms. The Morgan fingerprint density at radius 3 is 2.06 bits per heavy atom. The Hall–Kier alpha value is -3.20. The molecule has 3 aromatic carbocycles. The molecule has 3 rings (SSSR count). The van der Waals surface area contributed by atoms with Crippen LogP contribution in [0.1, 0.15) is 5.56 Å². The molecule has 0 aliphatic carbocycles. The van der Waals surface area contributed by atoms with E-state index < -0.39 is 27.5 Å². The van der Waals surface area contributed by atoms with Gasteiger partial charge in [0.05, 0.1) is 10.6 Å². The quantitative estimate of drug-likeness (QED) is 0.392. The van der Waals surface area contributed by atoms with Crippen molar-refractivity contribution in [3.8, 4) is 11.5 Å². The van der Waals surface area contributed by atoms with E-state index in [1.807, 2.05) is 48.5 Å². The van der Waals surface area contributed by atoms with Gasteiger partial charge in [-0.15, -0.1) is 0 Å². The van der Waals surface area contributed by atoms with E-state index in [0.29, 0.717) is 18.0 Å². The highest BCUT2D eigenvalue weighted by Crippen LogP contribution is 2.23. The van der Waals surface area contributed by atoms with E-state index in [2.05, 4.69) is 0 Å². The van der Waals surface area contributed by atoms with Gasteiger partial charge in [-0.25, -0.2) is 13.9 Å². The molecule has 1 atom stereocenters. The third-order valence-electron chi connectivity index (χ3n) is 4.76. The lowest BCUT2D eigenvalue weighted by Gasteiger charge is -2.26. The maximum absolute atomic E-state index is 13.0. The summed E-state index contributed by atoms with van der Waals surface area (Å²) < 4.78 is 31.6. The number of carbonyl (C=O) groups excluding carboxylic acids is 1. The normalized spacial score (nSPS) is 12.4. The lowest BCUT2D eigenvalue weighted by atomic mass is 10.2. The third kappa shape index (κ3) is 6.14. The molecule has 31 heavy (non-hydrogen) atoms. The molecular formula is C23H24N2O5S. The Bertz CT molecular complexity index is 1090. The molecule has 0 aliphatic heterocycles. The Balaban J connectivity index is 1.74. The summed E-state index contributed by atoms with van der Waals surface area (Å²) in [4.78, 5) is 13.9. The first-order valence-corrected chi connectivity index (χ1v) is 11.3. The number of rotatable bonds is 9. The zero-order valence-corrected chi connectivity index (χ0v) is 17.8. The van der Waals surface area contributed by atoms with Crippen LogP contribution < -0.4 is 10.2 Å². The predicted octanol–water partition coefficient (Wildman–Crippen LogP) is 3.26. The molecule has 0 saturated heterocycles. The molecule has 0 fully saturated rings. The number of likely N-dealkylation sites (N-methyl/N-ethyl adjacent to an activating group) is 1. The van der Waals surface area contributed by atoms with Crippen LogP contribution in [0.15, 0.2) is 89.8 Å². The summed E-state index contributed by atoms with van der Waals surface area (Å²) in [6.07, 6.45) is 0. The molecule has 0 saturated carbocycles. The number of hydroxylamine groups is 1. The second-order valence-corrected chi connectivity index (χ2v) is 9.09. The van der Waals surface area contributed by atoms with Gasteiger partial charge in [0.2, 0.25) is 0 Å². The van der Waals surface area contributed by atoms with Crippen molar-refractivity contribution >= 4 is 15.7 Å². The minimum absolute atomic E-state index is 0.0664. The SMILES string of the molecule is CN(Cc1ccccc1)[C@@H](CS(=O)(=O)c1ccc(Oc2ccccc2)cc1)C(=O)NO. The smallest absolute Gasteiger partial charge is 0.261 e. The summed E-state index contributed by atoms with van der Waals surface area (Å²) in [6, 6.07) is 23.4. The van der Waals surface area contributed by atoms with E-state index in [-0.39, 0.29) is 4.90 Å². The van der Waals surface area contributed by atoms with Gasteiger partial charge in [-0.2, -0.15) is 0 Å². The summed E-state index contributed by atoms with van der Waals surface area (Å²) in [7, 11) is -2.17. The molecule has 0 bridgehead atoms. The van der Waals surface area contributed by atoms with Gasteiger partial charge in [0.15, 0.2) is 9.84 Å². The summed E-state index contributed by atoms with van der Waals surface area (Å²) >= 11 is 0.